The summed E-state index contributed by atoms with van der Waals surface area (Å²) in [7, 11) is 0. The number of fused-ring (bicyclic) bond motifs is 1. The van der Waals surface area contributed by atoms with Gasteiger partial charge < -0.3 is 5.73 Å². The van der Waals surface area contributed by atoms with Gasteiger partial charge in [0.1, 0.15) is 0 Å². The zero-order valence-electron chi connectivity index (χ0n) is 13.1. The van der Waals surface area contributed by atoms with E-state index in [2.05, 4.69) is 61.2 Å². The Bertz CT molecular complexity index is 605. The standard InChI is InChI=1S/C19H26N2/c1-14(2)21-11-5-8-18(13-20)19(21)17-10-9-15-6-3-4-7-16(15)12-17/h3-4,6-7,9-10,12,14,18-19H,5,8,11,13,20H2,1-2H3. The molecule has 2 N–H and O–H groups in total. The molecule has 2 nitrogen and oxygen atoms in total. The van der Waals surface area contributed by atoms with Crippen LogP contribution in [-0.2, 0) is 0 Å². The quantitative estimate of drug-likeness (QED) is 0.923. The lowest BCUT2D eigenvalue weighted by atomic mass is 9.83. The molecule has 0 bridgehead atoms. The topological polar surface area (TPSA) is 29.3 Å². The summed E-state index contributed by atoms with van der Waals surface area (Å²) in [4.78, 5) is 2.63. The fourth-order valence-electron chi connectivity index (χ4n) is 3.79. The van der Waals surface area contributed by atoms with Crippen LogP contribution in [0.3, 0.4) is 0 Å². The number of piperidine rings is 1. The Morgan fingerprint density at radius 3 is 2.62 bits per heavy atom. The lowest BCUT2D eigenvalue weighted by Gasteiger charge is -2.43. The SMILES string of the molecule is CC(C)N1CCCC(CN)C1c1ccc2ccccc2c1. The fourth-order valence-corrected chi connectivity index (χ4v) is 3.79. The molecule has 2 atom stereocenters. The largest absolute Gasteiger partial charge is 0.330 e. The third kappa shape index (κ3) is 2.83. The van der Waals surface area contributed by atoms with Crippen LogP contribution in [0.2, 0.25) is 0 Å². The van der Waals surface area contributed by atoms with Crippen molar-refractivity contribution in [2.45, 2.75) is 38.8 Å². The van der Waals surface area contributed by atoms with Crippen molar-refractivity contribution < 1.29 is 0 Å². The fraction of sp³-hybridized carbons (Fsp3) is 0.474. The molecular weight excluding hydrogens is 256 g/mol. The van der Waals surface area contributed by atoms with Gasteiger partial charge in [-0.2, -0.15) is 0 Å². The first kappa shape index (κ1) is 14.6. The minimum Gasteiger partial charge on any atom is -0.330 e. The maximum atomic E-state index is 6.08. The number of nitrogens with two attached hydrogens (primary N) is 1. The Labute approximate surface area is 127 Å². The van der Waals surface area contributed by atoms with Crippen molar-refractivity contribution in [3.8, 4) is 0 Å². The zero-order chi connectivity index (χ0) is 14.8. The number of nitrogens with zero attached hydrogens (tertiary/aromatic N) is 1. The van der Waals surface area contributed by atoms with Gasteiger partial charge in [0.05, 0.1) is 0 Å². The summed E-state index contributed by atoms with van der Waals surface area (Å²) in [5.41, 5.74) is 7.51. The van der Waals surface area contributed by atoms with E-state index in [9.17, 15) is 0 Å². The number of hydrogen-bond acceptors (Lipinski definition) is 2. The molecule has 21 heavy (non-hydrogen) atoms. The van der Waals surface area contributed by atoms with Gasteiger partial charge in [0, 0.05) is 12.1 Å². The monoisotopic (exact) mass is 282 g/mol. The van der Waals surface area contributed by atoms with Crippen LogP contribution in [0.15, 0.2) is 42.5 Å². The molecule has 0 saturated carbocycles. The van der Waals surface area contributed by atoms with Gasteiger partial charge in [-0.15, -0.1) is 0 Å². The van der Waals surface area contributed by atoms with Crippen molar-refractivity contribution >= 4 is 10.8 Å². The Balaban J connectivity index is 2.02. The number of hydrogen-bond donors (Lipinski definition) is 1. The summed E-state index contributed by atoms with van der Waals surface area (Å²) < 4.78 is 0. The first-order valence-electron chi connectivity index (χ1n) is 8.15. The van der Waals surface area contributed by atoms with E-state index in [1.165, 1.54) is 35.7 Å². The molecular formula is C19H26N2. The molecule has 2 aromatic carbocycles. The zero-order valence-corrected chi connectivity index (χ0v) is 13.1. The van der Waals surface area contributed by atoms with E-state index >= 15 is 0 Å². The van der Waals surface area contributed by atoms with E-state index in [-0.39, 0.29) is 0 Å². The van der Waals surface area contributed by atoms with Crippen LogP contribution in [0, 0.1) is 5.92 Å². The van der Waals surface area contributed by atoms with Gasteiger partial charge in [0.25, 0.3) is 0 Å². The van der Waals surface area contributed by atoms with Gasteiger partial charge in [-0.3, -0.25) is 4.90 Å². The first-order valence-corrected chi connectivity index (χ1v) is 8.15. The molecule has 0 radical (unpaired) electrons. The first-order chi connectivity index (χ1) is 10.2. The smallest absolute Gasteiger partial charge is 0.0391 e. The van der Waals surface area contributed by atoms with E-state index in [1.807, 2.05) is 0 Å². The Kier molecular flexibility index (Phi) is 4.27. The molecule has 0 aromatic heterocycles. The molecule has 1 aliphatic rings. The lowest BCUT2D eigenvalue weighted by Crippen LogP contribution is -2.44. The van der Waals surface area contributed by atoms with Crippen LogP contribution in [0.5, 0.6) is 0 Å². The second-order valence-electron chi connectivity index (χ2n) is 6.52. The molecule has 1 heterocycles. The van der Waals surface area contributed by atoms with Gasteiger partial charge >= 0.3 is 0 Å². The molecule has 112 valence electrons. The molecule has 3 rings (SSSR count). The van der Waals surface area contributed by atoms with Crippen LogP contribution < -0.4 is 5.73 Å². The summed E-state index contributed by atoms with van der Waals surface area (Å²) in [5.74, 6) is 0.572. The summed E-state index contributed by atoms with van der Waals surface area (Å²) in [6, 6.07) is 16.6. The molecule has 2 unspecified atom stereocenters. The van der Waals surface area contributed by atoms with Crippen molar-refractivity contribution in [2.75, 3.05) is 13.1 Å². The van der Waals surface area contributed by atoms with Crippen molar-refractivity contribution in [1.29, 1.82) is 0 Å². The third-order valence-corrected chi connectivity index (χ3v) is 4.88. The average molecular weight is 282 g/mol. The van der Waals surface area contributed by atoms with Crippen LogP contribution in [0.25, 0.3) is 10.8 Å². The Morgan fingerprint density at radius 2 is 1.90 bits per heavy atom. The highest BCUT2D eigenvalue weighted by Gasteiger charge is 2.33. The van der Waals surface area contributed by atoms with Crippen molar-refractivity contribution in [3.05, 3.63) is 48.0 Å². The molecule has 0 aliphatic carbocycles. The molecule has 1 fully saturated rings. The molecule has 1 aliphatic heterocycles. The second kappa shape index (κ2) is 6.17. The summed E-state index contributed by atoms with van der Waals surface area (Å²) in [6.07, 6.45) is 2.52. The van der Waals surface area contributed by atoms with Crippen molar-refractivity contribution in [1.82, 2.24) is 4.90 Å². The van der Waals surface area contributed by atoms with Crippen LogP contribution in [0.1, 0.15) is 38.3 Å². The molecule has 2 aromatic rings. The minimum atomic E-state index is 0.466. The Hall–Kier alpha value is -1.38. The third-order valence-electron chi connectivity index (χ3n) is 4.88. The highest BCUT2D eigenvalue weighted by Crippen LogP contribution is 2.37. The molecule has 0 amide bonds. The van der Waals surface area contributed by atoms with Gasteiger partial charge in [0.15, 0.2) is 0 Å². The van der Waals surface area contributed by atoms with E-state index < -0.39 is 0 Å². The normalized spacial score (nSPS) is 23.8. The predicted octanol–water partition coefficient (Wildman–Crippen LogP) is 3.96. The van der Waals surface area contributed by atoms with Crippen LogP contribution in [0.4, 0.5) is 0 Å². The van der Waals surface area contributed by atoms with Gasteiger partial charge in [-0.05, 0) is 68.1 Å². The maximum Gasteiger partial charge on any atom is 0.0391 e. The Morgan fingerprint density at radius 1 is 1.14 bits per heavy atom. The number of likely N-dealkylation sites (tertiary alicyclic amines) is 1. The van der Waals surface area contributed by atoms with Gasteiger partial charge in [-0.25, -0.2) is 0 Å². The molecule has 0 spiro atoms. The number of rotatable bonds is 3. The summed E-state index contributed by atoms with van der Waals surface area (Å²) >= 11 is 0. The predicted molar refractivity (Wildman–Crippen MR) is 90.3 cm³/mol. The maximum absolute atomic E-state index is 6.08. The van der Waals surface area contributed by atoms with Crippen LogP contribution in [-0.4, -0.2) is 24.0 Å². The van der Waals surface area contributed by atoms with Gasteiger partial charge in [-0.1, -0.05) is 36.4 Å². The van der Waals surface area contributed by atoms with E-state index in [0.717, 1.165) is 6.54 Å². The van der Waals surface area contributed by atoms with Gasteiger partial charge in [0.2, 0.25) is 0 Å². The summed E-state index contributed by atoms with van der Waals surface area (Å²) in [6.45, 7) is 6.56. The number of benzene rings is 2. The van der Waals surface area contributed by atoms with E-state index in [0.29, 0.717) is 18.0 Å². The minimum absolute atomic E-state index is 0.466. The van der Waals surface area contributed by atoms with E-state index in [1.54, 1.807) is 0 Å². The molecule has 2 heteroatoms. The average Bonchev–Trinajstić information content (AvgIpc) is 2.53. The summed E-state index contributed by atoms with van der Waals surface area (Å²) in [5, 5.41) is 2.65. The highest BCUT2D eigenvalue weighted by atomic mass is 15.2. The molecule has 1 saturated heterocycles. The highest BCUT2D eigenvalue weighted by molar-refractivity contribution is 5.83. The van der Waals surface area contributed by atoms with E-state index in [4.69, 9.17) is 5.73 Å². The second-order valence-corrected chi connectivity index (χ2v) is 6.52. The lowest BCUT2D eigenvalue weighted by molar-refractivity contribution is 0.0666. The van der Waals surface area contributed by atoms with Crippen molar-refractivity contribution in [2.24, 2.45) is 11.7 Å². The van der Waals surface area contributed by atoms with Crippen LogP contribution >= 0.6 is 0 Å². The van der Waals surface area contributed by atoms with Crippen molar-refractivity contribution in [3.63, 3.8) is 0 Å².